The molecule has 30 N–H and O–H groups in total. The van der Waals surface area contributed by atoms with E-state index in [1.807, 2.05) is 24.3 Å². The first kappa shape index (κ1) is 105. The van der Waals surface area contributed by atoms with Gasteiger partial charge < -0.3 is 124 Å². The summed E-state index contributed by atoms with van der Waals surface area (Å²) < 4.78 is 0. The molecule has 39 nitrogen and oxygen atoms in total. The molecular formula is C90H135N23O16. The highest BCUT2D eigenvalue weighted by Gasteiger charge is 2.39. The van der Waals surface area contributed by atoms with Crippen LogP contribution in [0.25, 0.3) is 21.7 Å². The summed E-state index contributed by atoms with van der Waals surface area (Å²) in [7, 11) is 0. The van der Waals surface area contributed by atoms with E-state index < -0.39 is 205 Å². The Morgan fingerprint density at radius 2 is 0.860 bits per heavy atom. The molecule has 6 aromatic rings. The Morgan fingerprint density at radius 3 is 1.41 bits per heavy atom. The van der Waals surface area contributed by atoms with E-state index in [9.17, 15) is 48.3 Å². The lowest BCUT2D eigenvalue weighted by molar-refractivity contribution is -0.136. The van der Waals surface area contributed by atoms with Gasteiger partial charge in [-0.2, -0.15) is 0 Å². The second kappa shape index (κ2) is 55.4. The van der Waals surface area contributed by atoms with Crippen LogP contribution in [0.3, 0.4) is 0 Å². The van der Waals surface area contributed by atoms with Crippen LogP contribution in [-0.4, -0.2) is 227 Å². The number of H-pyrrole nitrogens is 2. The van der Waals surface area contributed by atoms with Gasteiger partial charge in [0.15, 0.2) is 0 Å². The summed E-state index contributed by atoms with van der Waals surface area (Å²) in [5.74, 6) is -14.5. The van der Waals surface area contributed by atoms with Crippen LogP contribution in [0, 0.1) is 17.8 Å². The standard InChI is InChI=1S/C90H135N23O16/c1-7-54(6)77(113-87(126)68(42-52(2)3)107-84(123)70(45-58-47-99-63-32-14-13-30-61(58)63)102-75(116)49-100-89(128)76(53(4)5)112-82(121)66(35-18-22-41-94)105-88(127)73(50-114)111-79(118)62(95)31-15-19-38-91)90(129)106-67(36-37-74(96)115)81(120)109-71(44-57-28-23-27-56-26-11-12-29-60(56)57)85(124)108-69(43-55-24-9-8-10-25-55)83(122)110-72(46-59-48-98-51-101-59)86(125)104-65(34-17-21-40-93)80(119)103-64(78(97)117)33-16-20-39-92/h8-14,23-30,32,47-48,51-54,62,64-73,76-77,99,114H,7,15-22,31,33-46,49-50,91-95H2,1-6H3,(H2,96,115)(H2,97,117)(H,98,101)(H,100,128)(H,102,116)(H,103,119)(H,104,125)(H,105,127)(H,106,129)(H,107,123)(H,108,124)(H,109,120)(H,110,122)(H,111,118)(H,112,121)(H,113,126)/t54-,62-,64-,65-,66-,67-,68-,69-,70-,71-,72-,73-,76-,77-/m0/s1. The number of imidazole rings is 1. The second-order valence-electron chi connectivity index (χ2n) is 33.3. The molecule has 0 fully saturated rings. The van der Waals surface area contributed by atoms with Crippen molar-refractivity contribution < 1.29 is 77.0 Å². The van der Waals surface area contributed by atoms with Gasteiger partial charge in [0, 0.05) is 61.1 Å². The van der Waals surface area contributed by atoms with E-state index in [4.69, 9.17) is 40.1 Å². The average molecular weight is 1800 g/mol. The number of aliphatic hydroxyl groups is 1. The number of rotatable bonds is 60. The molecular weight excluding hydrogens is 1660 g/mol. The smallest absolute Gasteiger partial charge is 0.245 e. The highest BCUT2D eigenvalue weighted by molar-refractivity contribution is 6.01. The zero-order chi connectivity index (χ0) is 94.7. The van der Waals surface area contributed by atoms with Crippen LogP contribution in [0.2, 0.25) is 0 Å². The zero-order valence-corrected chi connectivity index (χ0v) is 74.7. The Labute approximate surface area is 751 Å². The van der Waals surface area contributed by atoms with Gasteiger partial charge in [-0.3, -0.25) is 71.9 Å². The summed E-state index contributed by atoms with van der Waals surface area (Å²) in [6, 6.07) is 10.3. The Hall–Kier alpha value is -12.3. The van der Waals surface area contributed by atoms with E-state index in [1.54, 1.807) is 121 Å². The SMILES string of the molecule is CC[C@H](C)[C@H](NC(=O)[C@H](CC(C)C)NC(=O)[C@H](Cc1c[nH]c2ccccc12)NC(=O)CNC(=O)[C@@H](NC(=O)[C@H](CCCCN)NC(=O)[C@H](CO)NC(=O)[C@@H](N)CCCCN)C(C)C)C(=O)N[C@@H](CCC(N)=O)C(=O)N[C@@H](Cc1cccc2ccccc12)C(=O)N[C@@H](Cc1ccccc1)C(=O)N[C@@H](Cc1cnc[nH]1)C(=O)N[C@@H](CCCCN)C(=O)N[C@@H](CCCCN)C(N)=O. The topological polar surface area (TPSA) is 659 Å². The third kappa shape index (κ3) is 35.3. The summed E-state index contributed by atoms with van der Waals surface area (Å²) in [6.07, 6.45) is 7.23. The van der Waals surface area contributed by atoms with Gasteiger partial charge in [-0.1, -0.05) is 145 Å². The number of aromatic nitrogens is 3. The van der Waals surface area contributed by atoms with Crippen molar-refractivity contribution in [1.82, 2.24) is 84.1 Å². The number of carbonyl (C=O) groups excluding carboxylic acids is 15. The van der Waals surface area contributed by atoms with E-state index >= 15 is 28.8 Å². The Kier molecular flexibility index (Phi) is 45.3. The lowest BCUT2D eigenvalue weighted by Crippen LogP contribution is -2.62. The lowest BCUT2D eigenvalue weighted by Gasteiger charge is -2.30. The van der Waals surface area contributed by atoms with Crippen LogP contribution in [0.15, 0.2) is 116 Å². The Bertz CT molecular complexity index is 4640. The number of hydrogen-bond donors (Lipinski definition) is 23. The molecule has 706 valence electrons. The minimum absolute atomic E-state index is 0.0331. The zero-order valence-electron chi connectivity index (χ0n) is 74.7. The first-order valence-corrected chi connectivity index (χ1v) is 44.4. The van der Waals surface area contributed by atoms with Crippen molar-refractivity contribution in [2.24, 2.45) is 57.9 Å². The minimum atomic E-state index is -1.67. The molecule has 129 heavy (non-hydrogen) atoms. The molecule has 0 aliphatic rings. The van der Waals surface area contributed by atoms with Crippen LogP contribution < -0.4 is 109 Å². The molecule has 0 aliphatic carbocycles. The summed E-state index contributed by atoms with van der Waals surface area (Å²) in [5, 5.41) is 47.4. The van der Waals surface area contributed by atoms with Crippen LogP contribution in [0.4, 0.5) is 0 Å². The van der Waals surface area contributed by atoms with Crippen molar-refractivity contribution in [2.45, 2.75) is 249 Å². The largest absolute Gasteiger partial charge is 0.394 e. The van der Waals surface area contributed by atoms with Crippen molar-refractivity contribution in [3.05, 3.63) is 138 Å². The fourth-order valence-electron chi connectivity index (χ4n) is 14.6. The number of nitrogens with two attached hydrogens (primary N) is 7. The van der Waals surface area contributed by atoms with E-state index in [2.05, 4.69) is 84.1 Å². The van der Waals surface area contributed by atoms with Gasteiger partial charge in [0.1, 0.15) is 72.5 Å². The maximum absolute atomic E-state index is 15.5. The predicted octanol–water partition coefficient (Wildman–Crippen LogP) is -1.42. The normalized spacial score (nSPS) is 14.6. The van der Waals surface area contributed by atoms with Gasteiger partial charge >= 0.3 is 0 Å². The number of amides is 15. The predicted molar refractivity (Wildman–Crippen MR) is 486 cm³/mol. The monoisotopic (exact) mass is 1790 g/mol. The summed E-state index contributed by atoms with van der Waals surface area (Å²) >= 11 is 0. The van der Waals surface area contributed by atoms with E-state index in [0.29, 0.717) is 103 Å². The maximum Gasteiger partial charge on any atom is 0.245 e. The molecule has 2 heterocycles. The number of para-hydroxylation sites is 1. The molecule has 0 radical (unpaired) electrons. The number of benzene rings is 4. The van der Waals surface area contributed by atoms with Crippen molar-refractivity contribution in [3.8, 4) is 0 Å². The van der Waals surface area contributed by atoms with Gasteiger partial charge in [-0.25, -0.2) is 4.98 Å². The fourth-order valence-corrected chi connectivity index (χ4v) is 14.6. The molecule has 14 atom stereocenters. The first-order valence-electron chi connectivity index (χ1n) is 44.4. The molecule has 0 aliphatic heterocycles. The first-order chi connectivity index (χ1) is 61.7. The van der Waals surface area contributed by atoms with Gasteiger partial charge in [0.25, 0.3) is 0 Å². The molecule has 0 saturated carbocycles. The van der Waals surface area contributed by atoms with Gasteiger partial charge in [0.05, 0.1) is 25.5 Å². The van der Waals surface area contributed by atoms with Gasteiger partial charge in [0.2, 0.25) is 88.6 Å². The van der Waals surface area contributed by atoms with Crippen molar-refractivity contribution >= 4 is 110 Å². The molecule has 4 aromatic carbocycles. The maximum atomic E-state index is 15.5. The third-order valence-corrected chi connectivity index (χ3v) is 22.2. The number of nitrogens with zero attached hydrogens (tertiary/aromatic N) is 1. The van der Waals surface area contributed by atoms with Crippen LogP contribution >= 0.6 is 0 Å². The van der Waals surface area contributed by atoms with Gasteiger partial charge in [-0.05, 0) is 161 Å². The number of aliphatic hydroxyl groups excluding tert-OH is 1. The molecule has 0 unspecified atom stereocenters. The Balaban J connectivity index is 1.26. The van der Waals surface area contributed by atoms with E-state index in [1.165, 1.54) is 12.5 Å². The van der Waals surface area contributed by atoms with E-state index in [0.717, 1.165) is 5.39 Å². The molecule has 2 aromatic heterocycles. The third-order valence-electron chi connectivity index (χ3n) is 22.2. The number of fused-ring (bicyclic) bond motifs is 2. The number of hydrogen-bond acceptors (Lipinski definition) is 22. The van der Waals surface area contributed by atoms with Crippen LogP contribution in [0.5, 0.6) is 0 Å². The molecule has 0 bridgehead atoms. The van der Waals surface area contributed by atoms with Crippen LogP contribution in [0.1, 0.15) is 167 Å². The fraction of sp³-hybridized carbons (Fsp3) is 0.533. The number of aromatic amines is 2. The molecule has 6 rings (SSSR count). The molecule has 0 spiro atoms. The summed E-state index contributed by atoms with van der Waals surface area (Å²) in [6.45, 7) is 9.86. The molecule has 0 saturated heterocycles. The average Bonchev–Trinajstić information content (AvgIpc) is 1.56. The van der Waals surface area contributed by atoms with Crippen LogP contribution in [-0.2, 0) is 97.6 Å². The van der Waals surface area contributed by atoms with Crippen molar-refractivity contribution in [3.63, 3.8) is 0 Å². The van der Waals surface area contributed by atoms with E-state index in [-0.39, 0.29) is 83.2 Å². The van der Waals surface area contributed by atoms with Crippen molar-refractivity contribution in [2.75, 3.05) is 39.3 Å². The number of primary amides is 2. The van der Waals surface area contributed by atoms with Crippen molar-refractivity contribution in [1.29, 1.82) is 0 Å². The Morgan fingerprint density at radius 1 is 0.411 bits per heavy atom. The summed E-state index contributed by atoms with van der Waals surface area (Å²) in [4.78, 5) is 225. The second-order valence-corrected chi connectivity index (χ2v) is 33.3. The highest BCUT2D eigenvalue weighted by Crippen LogP contribution is 2.24. The summed E-state index contributed by atoms with van der Waals surface area (Å²) in [5.41, 5.74) is 43.1. The number of carbonyl (C=O) groups is 15. The highest BCUT2D eigenvalue weighted by atomic mass is 16.3. The number of unbranched alkanes of at least 4 members (excludes halogenated alkanes) is 4. The lowest BCUT2D eigenvalue weighted by atomic mass is 9.95. The molecule has 15 amide bonds. The number of nitrogens with one attached hydrogen (secondary N) is 15. The molecule has 39 heteroatoms. The quantitative estimate of drug-likeness (QED) is 0.0195. The minimum Gasteiger partial charge on any atom is -0.394 e. The van der Waals surface area contributed by atoms with Gasteiger partial charge in [-0.15, -0.1) is 0 Å².